The molecule has 76 valence electrons. The molecule has 2 fully saturated rings. The lowest BCUT2D eigenvalue weighted by Gasteiger charge is -2.36. The van der Waals surface area contributed by atoms with Crippen LogP contribution < -0.4 is 5.32 Å². The average molecular weight is 201 g/mol. The molecule has 13 heavy (non-hydrogen) atoms. The van der Waals surface area contributed by atoms with E-state index in [9.17, 15) is 5.11 Å². The highest BCUT2D eigenvalue weighted by Gasteiger charge is 2.31. The van der Waals surface area contributed by atoms with Gasteiger partial charge in [0.15, 0.2) is 0 Å². The smallest absolute Gasteiger partial charge is 0.0696 e. The molecule has 0 spiro atoms. The molecule has 0 bridgehead atoms. The Kier molecular flexibility index (Phi) is 3.52. The zero-order valence-electron chi connectivity index (χ0n) is 8.04. The van der Waals surface area contributed by atoms with Gasteiger partial charge < -0.3 is 10.4 Å². The van der Waals surface area contributed by atoms with Gasteiger partial charge in [0, 0.05) is 6.04 Å². The van der Waals surface area contributed by atoms with Crippen LogP contribution in [0.5, 0.6) is 0 Å². The summed E-state index contributed by atoms with van der Waals surface area (Å²) in [4.78, 5) is 0. The summed E-state index contributed by atoms with van der Waals surface area (Å²) in [6.07, 6.45) is 4.69. The van der Waals surface area contributed by atoms with E-state index in [1.165, 1.54) is 24.3 Å². The van der Waals surface area contributed by atoms with Crippen molar-refractivity contribution in [3.8, 4) is 0 Å². The van der Waals surface area contributed by atoms with Gasteiger partial charge in [-0.05, 0) is 49.7 Å². The van der Waals surface area contributed by atoms with E-state index in [1.807, 2.05) is 11.8 Å². The Morgan fingerprint density at radius 1 is 1.23 bits per heavy atom. The minimum absolute atomic E-state index is 0.0857. The Labute approximate surface area is 84.5 Å². The van der Waals surface area contributed by atoms with Crippen molar-refractivity contribution >= 4 is 11.8 Å². The summed E-state index contributed by atoms with van der Waals surface area (Å²) in [7, 11) is 0. The topological polar surface area (TPSA) is 32.3 Å². The third-order valence-electron chi connectivity index (χ3n) is 3.17. The minimum Gasteiger partial charge on any atom is -0.391 e. The molecular weight excluding hydrogens is 182 g/mol. The zero-order chi connectivity index (χ0) is 9.10. The monoisotopic (exact) mass is 201 g/mol. The lowest BCUT2D eigenvalue weighted by Crippen LogP contribution is -2.50. The number of nitrogens with one attached hydrogen (secondary N) is 1. The van der Waals surface area contributed by atoms with Crippen molar-refractivity contribution in [1.82, 2.24) is 5.32 Å². The first-order valence-electron chi connectivity index (χ1n) is 5.37. The standard InChI is InChI=1S/C10H19NOS/c12-9-4-1-5-11-10(9)8-3-2-6-13-7-8/h8-12H,1-7H2. The molecule has 2 aliphatic heterocycles. The van der Waals surface area contributed by atoms with Gasteiger partial charge in [-0.25, -0.2) is 0 Å². The quantitative estimate of drug-likeness (QED) is 0.669. The number of piperidine rings is 1. The number of hydrogen-bond acceptors (Lipinski definition) is 3. The molecule has 2 saturated heterocycles. The Hall–Kier alpha value is 0.270. The molecule has 0 aromatic heterocycles. The SMILES string of the molecule is OC1CCCNC1C1CCCSC1. The van der Waals surface area contributed by atoms with Crippen LogP contribution in [0, 0.1) is 5.92 Å². The fourth-order valence-electron chi connectivity index (χ4n) is 2.43. The molecule has 2 nitrogen and oxygen atoms in total. The van der Waals surface area contributed by atoms with Crippen molar-refractivity contribution in [3.05, 3.63) is 0 Å². The first-order chi connectivity index (χ1) is 6.38. The fourth-order valence-corrected chi connectivity index (χ4v) is 3.64. The van der Waals surface area contributed by atoms with Crippen molar-refractivity contribution in [2.24, 2.45) is 5.92 Å². The second-order valence-corrected chi connectivity index (χ2v) is 5.32. The van der Waals surface area contributed by atoms with Gasteiger partial charge in [-0.2, -0.15) is 11.8 Å². The number of thioether (sulfide) groups is 1. The maximum Gasteiger partial charge on any atom is 0.0696 e. The lowest BCUT2D eigenvalue weighted by molar-refractivity contribution is 0.0701. The van der Waals surface area contributed by atoms with Crippen molar-refractivity contribution in [2.45, 2.75) is 37.8 Å². The largest absolute Gasteiger partial charge is 0.391 e. The summed E-state index contributed by atoms with van der Waals surface area (Å²) in [6, 6.07) is 0.390. The number of aliphatic hydroxyl groups is 1. The van der Waals surface area contributed by atoms with Crippen LogP contribution in [0.3, 0.4) is 0 Å². The molecule has 0 saturated carbocycles. The van der Waals surface area contributed by atoms with Crippen molar-refractivity contribution < 1.29 is 5.11 Å². The predicted molar refractivity (Wildman–Crippen MR) is 57.1 cm³/mol. The molecular formula is C10H19NOS. The molecule has 3 unspecified atom stereocenters. The third-order valence-corrected chi connectivity index (χ3v) is 4.42. The van der Waals surface area contributed by atoms with Crippen molar-refractivity contribution in [1.29, 1.82) is 0 Å². The zero-order valence-corrected chi connectivity index (χ0v) is 8.85. The van der Waals surface area contributed by atoms with Crippen molar-refractivity contribution in [3.63, 3.8) is 0 Å². The van der Waals surface area contributed by atoms with Crippen LogP contribution in [-0.4, -0.2) is 35.3 Å². The summed E-state index contributed by atoms with van der Waals surface area (Å²) in [5, 5.41) is 13.3. The Bertz CT molecular complexity index is 159. The molecule has 0 aromatic carbocycles. The molecule has 2 heterocycles. The third kappa shape index (κ3) is 2.39. The molecule has 0 radical (unpaired) electrons. The van der Waals surface area contributed by atoms with Crippen LogP contribution in [0.1, 0.15) is 25.7 Å². The summed E-state index contributed by atoms with van der Waals surface area (Å²) in [6.45, 7) is 1.10. The Morgan fingerprint density at radius 3 is 2.85 bits per heavy atom. The minimum atomic E-state index is -0.0857. The summed E-state index contributed by atoms with van der Waals surface area (Å²) >= 11 is 2.05. The summed E-state index contributed by atoms with van der Waals surface area (Å²) < 4.78 is 0. The summed E-state index contributed by atoms with van der Waals surface area (Å²) in [5.41, 5.74) is 0. The number of aliphatic hydroxyl groups excluding tert-OH is 1. The van der Waals surface area contributed by atoms with E-state index in [2.05, 4.69) is 5.32 Å². The maximum atomic E-state index is 9.85. The fraction of sp³-hybridized carbons (Fsp3) is 1.00. The van der Waals surface area contributed by atoms with E-state index in [0.717, 1.165) is 19.4 Å². The van der Waals surface area contributed by atoms with Gasteiger partial charge in [0.25, 0.3) is 0 Å². The average Bonchev–Trinajstić information content (AvgIpc) is 2.20. The normalized spacial score (nSPS) is 41.8. The summed E-state index contributed by atoms with van der Waals surface area (Å²) in [5.74, 6) is 3.28. The van der Waals surface area contributed by atoms with Gasteiger partial charge in [-0.15, -0.1) is 0 Å². The van der Waals surface area contributed by atoms with Crippen LogP contribution in [0.2, 0.25) is 0 Å². The number of hydrogen-bond donors (Lipinski definition) is 2. The maximum absolute atomic E-state index is 9.85. The molecule has 3 heteroatoms. The van der Waals surface area contributed by atoms with Crippen LogP contribution in [0.4, 0.5) is 0 Å². The highest BCUT2D eigenvalue weighted by molar-refractivity contribution is 7.99. The van der Waals surface area contributed by atoms with E-state index in [0.29, 0.717) is 12.0 Å². The van der Waals surface area contributed by atoms with E-state index >= 15 is 0 Å². The van der Waals surface area contributed by atoms with Crippen molar-refractivity contribution in [2.75, 3.05) is 18.1 Å². The first kappa shape index (κ1) is 9.81. The second kappa shape index (κ2) is 4.67. The van der Waals surface area contributed by atoms with Crippen LogP contribution in [0.15, 0.2) is 0 Å². The predicted octanol–water partition coefficient (Wildman–Crippen LogP) is 1.24. The molecule has 0 aliphatic carbocycles. The van der Waals surface area contributed by atoms with Crippen LogP contribution >= 0.6 is 11.8 Å². The van der Waals surface area contributed by atoms with E-state index < -0.39 is 0 Å². The highest BCUT2D eigenvalue weighted by Crippen LogP contribution is 2.28. The molecule has 2 rings (SSSR count). The first-order valence-corrected chi connectivity index (χ1v) is 6.52. The highest BCUT2D eigenvalue weighted by atomic mass is 32.2. The van der Waals surface area contributed by atoms with Gasteiger partial charge in [0.05, 0.1) is 6.10 Å². The van der Waals surface area contributed by atoms with Gasteiger partial charge in [-0.1, -0.05) is 0 Å². The van der Waals surface area contributed by atoms with Gasteiger partial charge in [-0.3, -0.25) is 0 Å². The Balaban J connectivity index is 1.88. The van der Waals surface area contributed by atoms with Gasteiger partial charge in [0.1, 0.15) is 0 Å². The van der Waals surface area contributed by atoms with E-state index in [1.54, 1.807) is 0 Å². The molecule has 2 N–H and O–H groups in total. The lowest BCUT2D eigenvalue weighted by atomic mass is 9.88. The Morgan fingerprint density at radius 2 is 2.15 bits per heavy atom. The van der Waals surface area contributed by atoms with E-state index in [4.69, 9.17) is 0 Å². The van der Waals surface area contributed by atoms with Crippen LogP contribution in [0.25, 0.3) is 0 Å². The number of rotatable bonds is 1. The second-order valence-electron chi connectivity index (χ2n) is 4.17. The van der Waals surface area contributed by atoms with Gasteiger partial charge >= 0.3 is 0 Å². The molecule has 0 amide bonds. The van der Waals surface area contributed by atoms with Gasteiger partial charge in [0.2, 0.25) is 0 Å². The van der Waals surface area contributed by atoms with Crippen LogP contribution in [-0.2, 0) is 0 Å². The molecule has 0 aromatic rings. The molecule has 2 aliphatic rings. The van der Waals surface area contributed by atoms with E-state index in [-0.39, 0.29) is 6.10 Å². The molecule has 3 atom stereocenters.